The maximum absolute atomic E-state index is 4.53. The van der Waals surface area contributed by atoms with Crippen LogP contribution < -0.4 is 0 Å². The summed E-state index contributed by atoms with van der Waals surface area (Å²) in [6, 6.07) is 4.35. The summed E-state index contributed by atoms with van der Waals surface area (Å²) in [6.07, 6.45) is 3.53. The van der Waals surface area contributed by atoms with Gasteiger partial charge < -0.3 is 0 Å². The first-order valence-electron chi connectivity index (χ1n) is 6.17. The van der Waals surface area contributed by atoms with Crippen LogP contribution in [0.5, 0.6) is 0 Å². The van der Waals surface area contributed by atoms with Gasteiger partial charge in [-0.15, -0.1) is 22.7 Å². The fourth-order valence-electron chi connectivity index (χ4n) is 2.21. The molecule has 0 aliphatic carbocycles. The number of aryl methyl sites for hydroxylation is 1. The summed E-state index contributed by atoms with van der Waals surface area (Å²) in [6.45, 7) is 5.24. The minimum Gasteiger partial charge on any atom is -0.293 e. The molecule has 0 saturated heterocycles. The number of nitrogens with zero attached hydrogens (tertiary/aromatic N) is 2. The van der Waals surface area contributed by atoms with Gasteiger partial charge in [0.25, 0.3) is 0 Å². The quantitative estimate of drug-likeness (QED) is 0.847. The van der Waals surface area contributed by atoms with Crippen LogP contribution in [0, 0.1) is 6.92 Å². The number of aromatic nitrogens is 1. The number of thiazole rings is 1. The molecule has 0 saturated carbocycles. The van der Waals surface area contributed by atoms with E-state index in [9.17, 15) is 0 Å². The second-order valence-electron chi connectivity index (χ2n) is 4.57. The van der Waals surface area contributed by atoms with Crippen molar-refractivity contribution in [3.8, 4) is 0 Å². The summed E-state index contributed by atoms with van der Waals surface area (Å²) >= 11 is 3.61. The van der Waals surface area contributed by atoms with E-state index in [1.807, 2.05) is 11.3 Å². The number of hydrogen-bond acceptors (Lipinski definition) is 4. The van der Waals surface area contributed by atoms with Crippen LogP contribution in [0.4, 0.5) is 0 Å². The second-order valence-corrected chi connectivity index (χ2v) is 6.46. The van der Waals surface area contributed by atoms with E-state index >= 15 is 0 Å². The van der Waals surface area contributed by atoms with Crippen LogP contribution in [0.2, 0.25) is 0 Å². The maximum atomic E-state index is 4.53. The van der Waals surface area contributed by atoms with Gasteiger partial charge in [-0.05, 0) is 30.4 Å². The molecule has 3 rings (SSSR count). The Bertz CT molecular complexity index is 540. The van der Waals surface area contributed by atoms with Crippen LogP contribution in [-0.2, 0) is 6.54 Å². The van der Waals surface area contributed by atoms with Gasteiger partial charge in [0.2, 0.25) is 0 Å². The van der Waals surface area contributed by atoms with Crippen molar-refractivity contribution in [2.45, 2.75) is 19.9 Å². The van der Waals surface area contributed by atoms with E-state index in [1.165, 1.54) is 15.5 Å². The molecular weight excluding hydrogens is 260 g/mol. The minimum atomic E-state index is 0.993. The summed E-state index contributed by atoms with van der Waals surface area (Å²) in [4.78, 5) is 8.43. The first-order valence-corrected chi connectivity index (χ1v) is 7.93. The van der Waals surface area contributed by atoms with Crippen molar-refractivity contribution in [3.05, 3.63) is 44.5 Å². The topological polar surface area (TPSA) is 16.1 Å². The van der Waals surface area contributed by atoms with Gasteiger partial charge in [0, 0.05) is 29.0 Å². The van der Waals surface area contributed by atoms with E-state index < -0.39 is 0 Å². The maximum Gasteiger partial charge on any atom is 0.107 e. The molecule has 18 heavy (non-hydrogen) atoms. The van der Waals surface area contributed by atoms with Crippen LogP contribution in [0.1, 0.15) is 22.0 Å². The highest BCUT2D eigenvalue weighted by Crippen LogP contribution is 2.26. The molecule has 0 aromatic carbocycles. The fourth-order valence-corrected chi connectivity index (χ4v) is 3.82. The Morgan fingerprint density at radius 3 is 2.94 bits per heavy atom. The number of hydrogen-bond donors (Lipinski definition) is 0. The second kappa shape index (κ2) is 5.34. The molecule has 0 unspecified atom stereocenters. The molecule has 2 nitrogen and oxygen atoms in total. The molecule has 4 heteroatoms. The molecule has 1 aliphatic rings. The van der Waals surface area contributed by atoms with Gasteiger partial charge in [-0.1, -0.05) is 12.1 Å². The Morgan fingerprint density at radius 2 is 2.33 bits per heavy atom. The van der Waals surface area contributed by atoms with Gasteiger partial charge in [-0.25, -0.2) is 4.98 Å². The van der Waals surface area contributed by atoms with E-state index in [-0.39, 0.29) is 0 Å². The van der Waals surface area contributed by atoms with Gasteiger partial charge in [-0.2, -0.15) is 0 Å². The zero-order valence-corrected chi connectivity index (χ0v) is 12.1. The van der Waals surface area contributed by atoms with Gasteiger partial charge in [0.15, 0.2) is 0 Å². The highest BCUT2D eigenvalue weighted by molar-refractivity contribution is 7.11. The summed E-state index contributed by atoms with van der Waals surface area (Å²) in [7, 11) is 0. The number of thiophene rings is 1. The van der Waals surface area contributed by atoms with Gasteiger partial charge >= 0.3 is 0 Å². The van der Waals surface area contributed by atoms with E-state index in [0.29, 0.717) is 0 Å². The Hall–Kier alpha value is -0.970. The van der Waals surface area contributed by atoms with E-state index in [4.69, 9.17) is 0 Å². The van der Waals surface area contributed by atoms with E-state index in [1.54, 1.807) is 11.3 Å². The smallest absolute Gasteiger partial charge is 0.107 e. The molecule has 1 aliphatic heterocycles. The Balaban J connectivity index is 1.63. The van der Waals surface area contributed by atoms with Crippen LogP contribution in [0.15, 0.2) is 29.0 Å². The van der Waals surface area contributed by atoms with Crippen molar-refractivity contribution in [1.29, 1.82) is 0 Å². The lowest BCUT2D eigenvalue weighted by Crippen LogP contribution is -2.27. The summed E-state index contributed by atoms with van der Waals surface area (Å²) in [5, 5.41) is 5.52. The predicted molar refractivity (Wildman–Crippen MR) is 79.0 cm³/mol. The van der Waals surface area contributed by atoms with Crippen molar-refractivity contribution < 1.29 is 0 Å². The Kier molecular flexibility index (Phi) is 3.59. The SMILES string of the molecule is Cc1csc(CN2CC=C(c3cccs3)CC2)n1. The van der Waals surface area contributed by atoms with E-state index in [2.05, 4.69) is 45.8 Å². The monoisotopic (exact) mass is 276 g/mol. The molecule has 0 bridgehead atoms. The lowest BCUT2D eigenvalue weighted by atomic mass is 10.1. The lowest BCUT2D eigenvalue weighted by molar-refractivity contribution is 0.293. The molecular formula is C14H16N2S2. The molecule has 2 aromatic heterocycles. The molecule has 0 fully saturated rings. The molecule has 3 heterocycles. The summed E-state index contributed by atoms with van der Waals surface area (Å²) in [5.41, 5.74) is 2.65. The first kappa shape index (κ1) is 12.1. The van der Waals surface area contributed by atoms with Crippen LogP contribution in [0.3, 0.4) is 0 Å². The minimum absolute atomic E-state index is 0.993. The van der Waals surface area contributed by atoms with Crippen molar-refractivity contribution in [1.82, 2.24) is 9.88 Å². The third-order valence-electron chi connectivity index (χ3n) is 3.16. The summed E-state index contributed by atoms with van der Waals surface area (Å²) in [5.74, 6) is 0. The summed E-state index contributed by atoms with van der Waals surface area (Å²) < 4.78 is 0. The molecule has 0 N–H and O–H groups in total. The third kappa shape index (κ3) is 2.71. The molecule has 0 amide bonds. The molecule has 0 spiro atoms. The average molecular weight is 276 g/mol. The zero-order valence-electron chi connectivity index (χ0n) is 10.4. The van der Waals surface area contributed by atoms with Crippen LogP contribution in [-0.4, -0.2) is 23.0 Å². The van der Waals surface area contributed by atoms with Gasteiger partial charge in [0.1, 0.15) is 5.01 Å². The van der Waals surface area contributed by atoms with Crippen molar-refractivity contribution in [3.63, 3.8) is 0 Å². The first-order chi connectivity index (χ1) is 8.81. The van der Waals surface area contributed by atoms with Crippen LogP contribution in [0.25, 0.3) is 5.57 Å². The standard InChI is InChI=1S/C14H16N2S2/c1-11-10-18-14(15-11)9-16-6-4-12(5-7-16)13-3-2-8-17-13/h2-4,8,10H,5-7,9H2,1H3. The molecule has 94 valence electrons. The zero-order chi connectivity index (χ0) is 12.4. The van der Waals surface area contributed by atoms with Crippen molar-refractivity contribution >= 4 is 28.2 Å². The fraction of sp³-hybridized carbons (Fsp3) is 0.357. The largest absolute Gasteiger partial charge is 0.293 e. The molecule has 0 radical (unpaired) electrons. The predicted octanol–water partition coefficient (Wildman–Crippen LogP) is 3.80. The normalized spacial score (nSPS) is 16.8. The number of rotatable bonds is 3. The molecule has 2 aromatic rings. The highest BCUT2D eigenvalue weighted by atomic mass is 32.1. The Morgan fingerprint density at radius 1 is 1.39 bits per heavy atom. The highest BCUT2D eigenvalue weighted by Gasteiger charge is 2.14. The molecule has 0 atom stereocenters. The van der Waals surface area contributed by atoms with Gasteiger partial charge in [-0.3, -0.25) is 4.90 Å². The van der Waals surface area contributed by atoms with Crippen molar-refractivity contribution in [2.75, 3.05) is 13.1 Å². The van der Waals surface area contributed by atoms with Crippen LogP contribution >= 0.6 is 22.7 Å². The van der Waals surface area contributed by atoms with Gasteiger partial charge in [0.05, 0.1) is 6.54 Å². The van der Waals surface area contributed by atoms with E-state index in [0.717, 1.165) is 31.7 Å². The Labute approximate surface area is 116 Å². The third-order valence-corrected chi connectivity index (χ3v) is 5.05. The average Bonchev–Trinajstić information content (AvgIpc) is 3.02. The lowest BCUT2D eigenvalue weighted by Gasteiger charge is -2.25. The van der Waals surface area contributed by atoms with Crippen molar-refractivity contribution in [2.24, 2.45) is 0 Å².